The van der Waals surface area contributed by atoms with Gasteiger partial charge in [-0.3, -0.25) is 0 Å². The first-order valence-corrected chi connectivity index (χ1v) is 13.9. The number of aromatic nitrogens is 1. The first kappa shape index (κ1) is 28.6. The number of benzene rings is 2. The summed E-state index contributed by atoms with van der Waals surface area (Å²) in [6, 6.07) is 11.1. The lowest BCUT2D eigenvalue weighted by atomic mass is 10.0. The highest BCUT2D eigenvalue weighted by atomic mass is 32.1. The van der Waals surface area contributed by atoms with E-state index in [1.807, 2.05) is 38.3 Å². The number of thiazole rings is 1. The summed E-state index contributed by atoms with van der Waals surface area (Å²) in [6.45, 7) is 9.91. The van der Waals surface area contributed by atoms with Crippen LogP contribution in [0.25, 0.3) is 10.6 Å². The molecule has 2 aromatic carbocycles. The predicted octanol–water partition coefficient (Wildman–Crippen LogP) is 8.26. The van der Waals surface area contributed by atoms with Gasteiger partial charge in [0.15, 0.2) is 5.60 Å². The second-order valence-corrected chi connectivity index (χ2v) is 11.7. The molecule has 10 heteroatoms. The molecule has 2 aromatic heterocycles. The van der Waals surface area contributed by atoms with Crippen molar-refractivity contribution in [2.24, 2.45) is 0 Å². The zero-order valence-corrected chi connectivity index (χ0v) is 23.9. The molecule has 5 nitrogen and oxygen atoms in total. The average Bonchev–Trinajstić information content (AvgIpc) is 3.50. The molecule has 4 rings (SSSR count). The molecule has 0 saturated carbocycles. The molecule has 0 atom stereocenters. The van der Waals surface area contributed by atoms with Gasteiger partial charge in [0.05, 0.1) is 11.3 Å². The summed E-state index contributed by atoms with van der Waals surface area (Å²) >= 11 is 3.06. The van der Waals surface area contributed by atoms with Gasteiger partial charge >= 0.3 is 12.1 Å². The van der Waals surface area contributed by atoms with Crippen molar-refractivity contribution in [2.45, 2.75) is 59.5 Å². The van der Waals surface area contributed by atoms with E-state index in [0.717, 1.165) is 45.1 Å². The fraction of sp³-hybridized carbons (Fsp3) is 0.310. The highest BCUT2D eigenvalue weighted by molar-refractivity contribution is 7.19. The maximum Gasteiger partial charge on any atom is 0.416 e. The van der Waals surface area contributed by atoms with Crippen molar-refractivity contribution in [3.8, 4) is 16.3 Å². The van der Waals surface area contributed by atoms with Crippen molar-refractivity contribution in [3.05, 3.63) is 86.7 Å². The summed E-state index contributed by atoms with van der Waals surface area (Å²) in [7, 11) is 0. The van der Waals surface area contributed by atoms with Crippen LogP contribution in [0.1, 0.15) is 47.4 Å². The number of nitrogens with zero attached hydrogens (tertiary/aromatic N) is 2. The van der Waals surface area contributed by atoms with Gasteiger partial charge in [-0.2, -0.15) is 24.5 Å². The Morgan fingerprint density at radius 3 is 2.15 bits per heavy atom. The van der Waals surface area contributed by atoms with Crippen LogP contribution in [-0.4, -0.2) is 21.7 Å². The minimum Gasteiger partial charge on any atom is -0.478 e. The number of anilines is 1. The molecule has 206 valence electrons. The third-order valence-electron chi connectivity index (χ3n) is 6.24. The highest BCUT2D eigenvalue weighted by Crippen LogP contribution is 2.38. The fourth-order valence-electron chi connectivity index (χ4n) is 4.22. The van der Waals surface area contributed by atoms with Crippen LogP contribution >= 0.6 is 22.7 Å². The van der Waals surface area contributed by atoms with Crippen LogP contribution in [-0.2, 0) is 24.1 Å². The third kappa shape index (κ3) is 6.62. The Morgan fingerprint density at radius 2 is 1.62 bits per heavy atom. The molecular weight excluding hydrogens is 545 g/mol. The number of carboxylic acid groups (broad SMARTS) is 1. The molecule has 0 unspecified atom stereocenters. The number of thiophene rings is 1. The maximum absolute atomic E-state index is 13.0. The summed E-state index contributed by atoms with van der Waals surface area (Å²) in [4.78, 5) is 18.5. The van der Waals surface area contributed by atoms with E-state index in [9.17, 15) is 23.1 Å². The summed E-state index contributed by atoms with van der Waals surface area (Å²) in [5.41, 5.74) is 3.20. The molecule has 2 heterocycles. The van der Waals surface area contributed by atoms with Crippen LogP contribution in [0.4, 0.5) is 18.2 Å². The summed E-state index contributed by atoms with van der Waals surface area (Å²) in [6.07, 6.45) is -4.39. The van der Waals surface area contributed by atoms with Crippen molar-refractivity contribution in [1.82, 2.24) is 4.98 Å². The van der Waals surface area contributed by atoms with Crippen LogP contribution in [0.2, 0.25) is 0 Å². The van der Waals surface area contributed by atoms with Gasteiger partial charge < -0.3 is 14.7 Å². The maximum atomic E-state index is 13.0. The SMILES string of the molecule is Cc1cc(CN(Cc2ccsc2)c2sc(-c3ccc(C(F)(F)F)cc3)nc2C)cc(C)c1OC(C)(C)C(=O)O. The zero-order valence-electron chi connectivity index (χ0n) is 22.2. The number of alkyl halides is 3. The van der Waals surface area contributed by atoms with E-state index < -0.39 is 23.3 Å². The standard InChI is InChI=1S/C29H29F3N2O3S2/c1-17-12-21(13-18(2)24(17)37-28(4,5)27(35)36)15-34(14-20-10-11-38-16-20)26-19(3)33-25(39-26)22-6-8-23(9-7-22)29(30,31)32/h6-13,16H,14-15H2,1-5H3,(H,35,36). The number of hydrogen-bond acceptors (Lipinski definition) is 6. The molecule has 0 spiro atoms. The summed E-state index contributed by atoms with van der Waals surface area (Å²) in [5, 5.41) is 15.2. The molecule has 0 saturated heterocycles. The first-order chi connectivity index (χ1) is 18.2. The van der Waals surface area contributed by atoms with Gasteiger partial charge in [0.1, 0.15) is 15.8 Å². The molecule has 0 radical (unpaired) electrons. The molecule has 4 aromatic rings. The Morgan fingerprint density at radius 1 is 1.00 bits per heavy atom. The number of carbonyl (C=O) groups is 1. The van der Waals surface area contributed by atoms with Crippen molar-refractivity contribution in [3.63, 3.8) is 0 Å². The Balaban J connectivity index is 1.66. The Kier molecular flexibility index (Phi) is 8.09. The van der Waals surface area contributed by atoms with Gasteiger partial charge in [0.25, 0.3) is 0 Å². The number of ether oxygens (including phenoxy) is 1. The van der Waals surface area contributed by atoms with Gasteiger partial charge in [-0.25, -0.2) is 9.78 Å². The minimum atomic E-state index is -4.39. The number of hydrogen-bond donors (Lipinski definition) is 1. The van der Waals surface area contributed by atoms with Crippen LogP contribution < -0.4 is 9.64 Å². The third-order valence-corrected chi connectivity index (χ3v) is 8.24. The fourth-order valence-corrected chi connectivity index (χ4v) is 5.95. The van der Waals surface area contributed by atoms with Crippen LogP contribution in [0, 0.1) is 20.8 Å². The molecule has 0 fully saturated rings. The number of halogens is 3. The van der Waals surface area contributed by atoms with Gasteiger partial charge in [-0.15, -0.1) is 0 Å². The summed E-state index contributed by atoms with van der Waals surface area (Å²) in [5.74, 6) is -0.495. The first-order valence-electron chi connectivity index (χ1n) is 12.2. The Bertz CT molecular complexity index is 1440. The average molecular weight is 575 g/mol. The number of aryl methyl sites for hydroxylation is 3. The minimum absolute atomic E-state index is 0.550. The van der Waals surface area contributed by atoms with E-state index in [2.05, 4.69) is 16.3 Å². The molecule has 0 aliphatic rings. The van der Waals surface area contributed by atoms with Crippen LogP contribution in [0.5, 0.6) is 5.75 Å². The topological polar surface area (TPSA) is 62.7 Å². The van der Waals surface area contributed by atoms with Crippen molar-refractivity contribution in [1.29, 1.82) is 0 Å². The molecule has 0 amide bonds. The summed E-state index contributed by atoms with van der Waals surface area (Å²) < 4.78 is 45.0. The van der Waals surface area contributed by atoms with Crippen molar-refractivity contribution in [2.75, 3.05) is 4.90 Å². The largest absolute Gasteiger partial charge is 0.478 e. The van der Waals surface area contributed by atoms with Crippen LogP contribution in [0.15, 0.2) is 53.2 Å². The number of rotatable bonds is 9. The molecule has 1 N–H and O–H groups in total. The quantitative estimate of drug-likeness (QED) is 0.218. The molecule has 0 aliphatic heterocycles. The van der Waals surface area contributed by atoms with E-state index in [1.54, 1.807) is 11.3 Å². The van der Waals surface area contributed by atoms with Gasteiger partial charge in [0.2, 0.25) is 0 Å². The second-order valence-electron chi connectivity index (χ2n) is 9.95. The van der Waals surface area contributed by atoms with E-state index >= 15 is 0 Å². The second kappa shape index (κ2) is 11.0. The van der Waals surface area contributed by atoms with Crippen molar-refractivity contribution < 1.29 is 27.8 Å². The van der Waals surface area contributed by atoms with E-state index in [4.69, 9.17) is 9.72 Å². The van der Waals surface area contributed by atoms with E-state index in [-0.39, 0.29) is 0 Å². The predicted molar refractivity (Wildman–Crippen MR) is 150 cm³/mol. The molecule has 0 aliphatic carbocycles. The van der Waals surface area contributed by atoms with Gasteiger partial charge in [-0.1, -0.05) is 35.6 Å². The van der Waals surface area contributed by atoms with E-state index in [1.165, 1.54) is 37.3 Å². The molecule has 39 heavy (non-hydrogen) atoms. The molecular formula is C29H29F3N2O3S2. The highest BCUT2D eigenvalue weighted by Gasteiger charge is 2.31. The van der Waals surface area contributed by atoms with Gasteiger partial charge in [0, 0.05) is 18.7 Å². The lowest BCUT2D eigenvalue weighted by molar-refractivity contribution is -0.152. The lowest BCUT2D eigenvalue weighted by Crippen LogP contribution is -2.38. The zero-order chi connectivity index (χ0) is 28.5. The number of aliphatic carboxylic acids is 1. The lowest BCUT2D eigenvalue weighted by Gasteiger charge is -2.26. The van der Waals surface area contributed by atoms with Crippen LogP contribution in [0.3, 0.4) is 0 Å². The van der Waals surface area contributed by atoms with Crippen molar-refractivity contribution >= 4 is 33.6 Å². The monoisotopic (exact) mass is 574 g/mol. The Labute approximate surface area is 233 Å². The van der Waals surface area contributed by atoms with Gasteiger partial charge in [-0.05, 0) is 85.8 Å². The van der Waals surface area contributed by atoms with E-state index in [0.29, 0.717) is 29.4 Å². The smallest absolute Gasteiger partial charge is 0.416 e. The normalized spacial score (nSPS) is 12.0. The number of carboxylic acids is 1. The Hall–Kier alpha value is -3.37. The molecule has 0 bridgehead atoms.